The standard InChI is InChI=1S/C17H17N3O2.C4H4O4/c1-3-22-17(21)16-15(19-12-8-10-18-11-9-12)13-6-4-5-7-14(13)20(16)2;5-3(6)1-2-4(7)8/h4-11H,3H2,1-2H3,(H,18,19);1-2H,(H,5,6)(H,7,8). The van der Waals surface area contributed by atoms with Crippen molar-refractivity contribution in [2.45, 2.75) is 6.92 Å². The Hall–Kier alpha value is -4.14. The highest BCUT2D eigenvalue weighted by atomic mass is 16.5. The van der Waals surface area contributed by atoms with E-state index >= 15 is 0 Å². The highest BCUT2D eigenvalue weighted by Crippen LogP contribution is 2.33. The first-order valence-electron chi connectivity index (χ1n) is 8.90. The number of aliphatic carboxylic acids is 2. The van der Waals surface area contributed by atoms with Crippen molar-refractivity contribution in [3.63, 3.8) is 0 Å². The maximum Gasteiger partial charge on any atom is 0.357 e. The van der Waals surface area contributed by atoms with E-state index in [0.717, 1.165) is 22.3 Å². The third-order valence-electron chi connectivity index (χ3n) is 3.89. The number of anilines is 2. The smallest absolute Gasteiger partial charge is 0.357 e. The Bertz CT molecular complexity index is 1060. The van der Waals surface area contributed by atoms with E-state index in [9.17, 15) is 14.4 Å². The van der Waals surface area contributed by atoms with Crippen molar-refractivity contribution in [2.75, 3.05) is 11.9 Å². The van der Waals surface area contributed by atoms with Crippen LogP contribution in [0.15, 0.2) is 60.9 Å². The molecule has 0 fully saturated rings. The van der Waals surface area contributed by atoms with E-state index in [-0.39, 0.29) is 5.97 Å². The van der Waals surface area contributed by atoms with Gasteiger partial charge in [-0.3, -0.25) is 4.98 Å². The van der Waals surface area contributed by atoms with Gasteiger partial charge >= 0.3 is 17.9 Å². The van der Waals surface area contributed by atoms with Gasteiger partial charge in [-0.25, -0.2) is 14.4 Å². The monoisotopic (exact) mass is 411 g/mol. The number of hydrogen-bond donors (Lipinski definition) is 3. The number of carboxylic acid groups (broad SMARTS) is 2. The summed E-state index contributed by atoms with van der Waals surface area (Å²) < 4.78 is 7.06. The first-order chi connectivity index (χ1) is 14.3. The third-order valence-corrected chi connectivity index (χ3v) is 3.89. The fourth-order valence-corrected chi connectivity index (χ4v) is 2.68. The number of aromatic nitrogens is 2. The number of nitrogens with one attached hydrogen (secondary N) is 1. The zero-order valence-electron chi connectivity index (χ0n) is 16.4. The van der Waals surface area contributed by atoms with E-state index in [2.05, 4.69) is 10.3 Å². The summed E-state index contributed by atoms with van der Waals surface area (Å²) in [6.07, 6.45) is 4.53. The quantitative estimate of drug-likeness (QED) is 0.416. The van der Waals surface area contributed by atoms with Gasteiger partial charge in [-0.1, -0.05) is 18.2 Å². The van der Waals surface area contributed by atoms with Crippen LogP contribution in [0.5, 0.6) is 0 Å². The number of benzene rings is 1. The van der Waals surface area contributed by atoms with Crippen LogP contribution in [0.3, 0.4) is 0 Å². The molecule has 0 atom stereocenters. The van der Waals surface area contributed by atoms with Crippen LogP contribution in [0.4, 0.5) is 11.4 Å². The van der Waals surface area contributed by atoms with Gasteiger partial charge in [0.2, 0.25) is 0 Å². The van der Waals surface area contributed by atoms with Gasteiger partial charge in [-0.2, -0.15) is 0 Å². The topological polar surface area (TPSA) is 131 Å². The first kappa shape index (κ1) is 22.2. The summed E-state index contributed by atoms with van der Waals surface area (Å²) in [4.78, 5) is 35.5. The average molecular weight is 411 g/mol. The number of carbonyl (C=O) groups excluding carboxylic acids is 1. The molecule has 156 valence electrons. The van der Waals surface area contributed by atoms with Crippen molar-refractivity contribution in [3.8, 4) is 0 Å². The fraction of sp³-hybridized carbons (Fsp3) is 0.143. The van der Waals surface area contributed by atoms with Crippen LogP contribution in [0.25, 0.3) is 10.9 Å². The molecule has 3 N–H and O–H groups in total. The predicted octanol–water partition coefficient (Wildman–Crippen LogP) is 3.21. The number of carbonyl (C=O) groups is 3. The van der Waals surface area contributed by atoms with Crippen molar-refractivity contribution < 1.29 is 29.3 Å². The molecule has 9 nitrogen and oxygen atoms in total. The van der Waals surface area contributed by atoms with E-state index in [0.29, 0.717) is 24.5 Å². The maximum atomic E-state index is 12.4. The molecule has 0 aliphatic rings. The molecule has 0 saturated heterocycles. The van der Waals surface area contributed by atoms with Crippen LogP contribution >= 0.6 is 0 Å². The van der Waals surface area contributed by atoms with Crippen molar-refractivity contribution >= 4 is 40.2 Å². The summed E-state index contributed by atoms with van der Waals surface area (Å²) in [5.41, 5.74) is 3.11. The maximum absolute atomic E-state index is 12.4. The Morgan fingerprint density at radius 1 is 1.07 bits per heavy atom. The number of esters is 1. The number of rotatable bonds is 6. The Kier molecular flexibility index (Phi) is 7.69. The molecule has 2 aromatic heterocycles. The molecule has 0 aliphatic heterocycles. The van der Waals surface area contributed by atoms with Gasteiger partial charge in [-0.05, 0) is 25.1 Å². The number of fused-ring (bicyclic) bond motifs is 1. The van der Waals surface area contributed by atoms with E-state index < -0.39 is 11.9 Å². The minimum absolute atomic E-state index is 0.335. The molecule has 3 aromatic rings. The van der Waals surface area contributed by atoms with Crippen LogP contribution in [0.2, 0.25) is 0 Å². The lowest BCUT2D eigenvalue weighted by molar-refractivity contribution is -0.134. The van der Waals surface area contributed by atoms with Gasteiger partial charge in [0, 0.05) is 42.7 Å². The van der Waals surface area contributed by atoms with Crippen LogP contribution in [-0.4, -0.2) is 44.3 Å². The molecule has 9 heteroatoms. The fourth-order valence-electron chi connectivity index (χ4n) is 2.68. The van der Waals surface area contributed by atoms with Gasteiger partial charge in [0.15, 0.2) is 5.69 Å². The SMILES string of the molecule is CCOC(=O)c1c(Nc2ccncc2)c2ccccc2n1C.O=C(O)C=CC(=O)O. The minimum Gasteiger partial charge on any atom is -0.478 e. The molecule has 3 rings (SSSR count). The summed E-state index contributed by atoms with van der Waals surface area (Å²) in [6, 6.07) is 11.6. The Labute approximate surface area is 172 Å². The van der Waals surface area contributed by atoms with Gasteiger partial charge in [0.1, 0.15) is 0 Å². The van der Waals surface area contributed by atoms with Gasteiger partial charge < -0.3 is 24.8 Å². The summed E-state index contributed by atoms with van der Waals surface area (Å²) >= 11 is 0. The number of aryl methyl sites for hydroxylation is 1. The highest BCUT2D eigenvalue weighted by molar-refractivity contribution is 6.07. The lowest BCUT2D eigenvalue weighted by Crippen LogP contribution is -2.11. The molecule has 2 heterocycles. The second-order valence-corrected chi connectivity index (χ2v) is 5.89. The largest absolute Gasteiger partial charge is 0.478 e. The number of nitrogens with zero attached hydrogens (tertiary/aromatic N) is 2. The number of carboxylic acids is 2. The summed E-state index contributed by atoms with van der Waals surface area (Å²) in [6.45, 7) is 2.14. The lowest BCUT2D eigenvalue weighted by Gasteiger charge is -2.09. The number of ether oxygens (including phenoxy) is 1. The van der Waals surface area contributed by atoms with Gasteiger partial charge in [0.05, 0.1) is 17.8 Å². The van der Waals surface area contributed by atoms with E-state index in [1.807, 2.05) is 48.0 Å². The molecule has 30 heavy (non-hydrogen) atoms. The molecule has 0 saturated carbocycles. The number of para-hydroxylation sites is 1. The molecular formula is C21H21N3O6. The van der Waals surface area contributed by atoms with Crippen molar-refractivity contribution in [2.24, 2.45) is 7.05 Å². The van der Waals surface area contributed by atoms with E-state index in [1.165, 1.54) is 0 Å². The molecule has 0 amide bonds. The van der Waals surface area contributed by atoms with E-state index in [1.54, 1.807) is 19.3 Å². The normalized spacial score (nSPS) is 10.3. The summed E-state index contributed by atoms with van der Waals surface area (Å²) in [5.74, 6) is -2.85. The van der Waals surface area contributed by atoms with Crippen molar-refractivity contribution in [3.05, 3.63) is 66.6 Å². The second kappa shape index (κ2) is 10.4. The first-order valence-corrected chi connectivity index (χ1v) is 8.90. The van der Waals surface area contributed by atoms with Crippen LogP contribution in [0.1, 0.15) is 17.4 Å². The zero-order valence-corrected chi connectivity index (χ0v) is 16.4. The van der Waals surface area contributed by atoms with Gasteiger partial charge in [0.25, 0.3) is 0 Å². The van der Waals surface area contributed by atoms with E-state index in [4.69, 9.17) is 14.9 Å². The summed E-state index contributed by atoms with van der Waals surface area (Å²) in [5, 5.41) is 19.9. The Morgan fingerprint density at radius 3 is 2.23 bits per heavy atom. The molecule has 0 bridgehead atoms. The lowest BCUT2D eigenvalue weighted by atomic mass is 10.2. The minimum atomic E-state index is -1.26. The highest BCUT2D eigenvalue weighted by Gasteiger charge is 2.22. The molecular weight excluding hydrogens is 390 g/mol. The Balaban J connectivity index is 0.000000343. The number of pyridine rings is 1. The summed E-state index contributed by atoms with van der Waals surface area (Å²) in [7, 11) is 1.87. The average Bonchev–Trinajstić information content (AvgIpc) is 3.00. The molecule has 0 radical (unpaired) electrons. The van der Waals surface area contributed by atoms with Crippen molar-refractivity contribution in [1.82, 2.24) is 9.55 Å². The zero-order chi connectivity index (χ0) is 22.1. The number of hydrogen-bond acceptors (Lipinski definition) is 6. The molecule has 0 spiro atoms. The molecule has 1 aromatic carbocycles. The van der Waals surface area contributed by atoms with Crippen LogP contribution in [0, 0.1) is 0 Å². The third kappa shape index (κ3) is 5.68. The predicted molar refractivity (Wildman–Crippen MR) is 111 cm³/mol. The Morgan fingerprint density at radius 2 is 1.67 bits per heavy atom. The molecule has 0 unspecified atom stereocenters. The van der Waals surface area contributed by atoms with Crippen LogP contribution in [-0.2, 0) is 21.4 Å². The van der Waals surface area contributed by atoms with Crippen molar-refractivity contribution in [1.29, 1.82) is 0 Å². The second-order valence-electron chi connectivity index (χ2n) is 5.89. The van der Waals surface area contributed by atoms with Gasteiger partial charge in [-0.15, -0.1) is 0 Å². The van der Waals surface area contributed by atoms with Crippen LogP contribution < -0.4 is 5.32 Å². The molecule has 0 aliphatic carbocycles.